The van der Waals surface area contributed by atoms with Crippen molar-refractivity contribution in [3.63, 3.8) is 0 Å². The second-order valence-electron chi connectivity index (χ2n) is 5.42. The highest BCUT2D eigenvalue weighted by molar-refractivity contribution is 5.94. The lowest BCUT2D eigenvalue weighted by molar-refractivity contribution is -0.0512. The minimum atomic E-state index is -3.02. The largest absolute Gasteiger partial charge is 0.493 e. The van der Waals surface area contributed by atoms with Gasteiger partial charge >= 0.3 is 6.61 Å². The highest BCUT2D eigenvalue weighted by Gasteiger charge is 2.14. The predicted molar refractivity (Wildman–Crippen MR) is 92.2 cm³/mol. The third kappa shape index (κ3) is 4.57. The molecule has 1 aromatic carbocycles. The van der Waals surface area contributed by atoms with Crippen LogP contribution in [0.15, 0.2) is 55.2 Å². The Morgan fingerprint density at radius 1 is 1.26 bits per heavy atom. The molecular weight excluding hydrogens is 358 g/mol. The molecule has 2 heterocycles. The fourth-order valence-corrected chi connectivity index (χ4v) is 2.36. The van der Waals surface area contributed by atoms with E-state index in [4.69, 9.17) is 4.74 Å². The number of amides is 1. The maximum Gasteiger partial charge on any atom is 0.387 e. The molecule has 9 heteroatoms. The first kappa shape index (κ1) is 18.3. The zero-order valence-electron chi connectivity index (χ0n) is 14.3. The number of ether oxygens (including phenoxy) is 2. The Bertz CT molecular complexity index is 899. The van der Waals surface area contributed by atoms with Crippen LogP contribution in [0.5, 0.6) is 11.5 Å². The van der Waals surface area contributed by atoms with E-state index in [-0.39, 0.29) is 23.6 Å². The summed E-state index contributed by atoms with van der Waals surface area (Å²) in [5, 5.41) is 2.71. The van der Waals surface area contributed by atoms with Crippen molar-refractivity contribution in [1.29, 1.82) is 0 Å². The number of carbonyl (C=O) groups excluding carboxylic acids is 1. The van der Waals surface area contributed by atoms with E-state index in [9.17, 15) is 13.6 Å². The molecule has 1 amide bonds. The van der Waals surface area contributed by atoms with E-state index < -0.39 is 12.5 Å². The van der Waals surface area contributed by atoms with Gasteiger partial charge in [-0.15, -0.1) is 0 Å². The molecule has 140 valence electrons. The Labute approximate surface area is 153 Å². The summed E-state index contributed by atoms with van der Waals surface area (Å²) in [4.78, 5) is 20.5. The average molecular weight is 374 g/mol. The van der Waals surface area contributed by atoms with Crippen LogP contribution in [0.25, 0.3) is 5.82 Å². The lowest BCUT2D eigenvalue weighted by Crippen LogP contribution is -2.23. The number of rotatable bonds is 7. The predicted octanol–water partition coefficient (Wildman–Crippen LogP) is 2.81. The highest BCUT2D eigenvalue weighted by atomic mass is 19.3. The van der Waals surface area contributed by atoms with Gasteiger partial charge in [-0.3, -0.25) is 9.36 Å². The van der Waals surface area contributed by atoms with Crippen molar-refractivity contribution in [2.45, 2.75) is 13.2 Å². The van der Waals surface area contributed by atoms with E-state index >= 15 is 0 Å². The first-order valence-corrected chi connectivity index (χ1v) is 7.91. The number of carbonyl (C=O) groups is 1. The van der Waals surface area contributed by atoms with Crippen molar-refractivity contribution in [1.82, 2.24) is 19.9 Å². The van der Waals surface area contributed by atoms with Gasteiger partial charge in [-0.25, -0.2) is 9.97 Å². The molecule has 1 N–H and O–H groups in total. The minimum absolute atomic E-state index is 0.117. The summed E-state index contributed by atoms with van der Waals surface area (Å²) >= 11 is 0. The molecule has 3 rings (SSSR count). The molecule has 0 bridgehead atoms. The number of benzene rings is 1. The third-order valence-corrected chi connectivity index (χ3v) is 3.67. The van der Waals surface area contributed by atoms with Gasteiger partial charge in [0.2, 0.25) is 0 Å². The first-order valence-electron chi connectivity index (χ1n) is 7.91. The van der Waals surface area contributed by atoms with Gasteiger partial charge in [-0.2, -0.15) is 8.78 Å². The minimum Gasteiger partial charge on any atom is -0.493 e. The van der Waals surface area contributed by atoms with Crippen LogP contribution < -0.4 is 14.8 Å². The van der Waals surface area contributed by atoms with Gasteiger partial charge in [0, 0.05) is 30.7 Å². The van der Waals surface area contributed by atoms with Gasteiger partial charge in [0.05, 0.1) is 7.11 Å². The Kier molecular flexibility index (Phi) is 5.60. The number of imidazole rings is 1. The van der Waals surface area contributed by atoms with Gasteiger partial charge in [0.1, 0.15) is 12.1 Å². The van der Waals surface area contributed by atoms with Gasteiger partial charge in [0.15, 0.2) is 11.5 Å². The zero-order valence-corrected chi connectivity index (χ0v) is 14.3. The van der Waals surface area contributed by atoms with E-state index in [0.717, 1.165) is 5.56 Å². The normalized spacial score (nSPS) is 10.7. The Morgan fingerprint density at radius 3 is 2.74 bits per heavy atom. The van der Waals surface area contributed by atoms with E-state index in [1.165, 1.54) is 25.3 Å². The zero-order chi connectivity index (χ0) is 19.2. The number of pyridine rings is 1. The summed E-state index contributed by atoms with van der Waals surface area (Å²) in [5.74, 6) is 0.180. The van der Waals surface area contributed by atoms with E-state index in [2.05, 4.69) is 20.0 Å². The number of halogens is 2. The number of methoxy groups -OCH3 is 1. The fraction of sp³-hybridized carbons (Fsp3) is 0.167. The van der Waals surface area contributed by atoms with Crippen LogP contribution in [-0.2, 0) is 6.54 Å². The Morgan fingerprint density at radius 2 is 2.11 bits per heavy atom. The van der Waals surface area contributed by atoms with Gasteiger partial charge in [0.25, 0.3) is 5.91 Å². The lowest BCUT2D eigenvalue weighted by Gasteiger charge is -2.12. The average Bonchev–Trinajstić information content (AvgIpc) is 3.21. The second-order valence-corrected chi connectivity index (χ2v) is 5.42. The first-order chi connectivity index (χ1) is 13.1. The van der Waals surface area contributed by atoms with Gasteiger partial charge < -0.3 is 14.8 Å². The van der Waals surface area contributed by atoms with Crippen LogP contribution in [0.3, 0.4) is 0 Å². The molecular formula is C18H16F2N4O3. The van der Waals surface area contributed by atoms with Crippen LogP contribution in [0.4, 0.5) is 8.78 Å². The molecule has 0 saturated heterocycles. The summed E-state index contributed by atoms with van der Waals surface area (Å²) in [5.41, 5.74) is 0.958. The van der Waals surface area contributed by atoms with Crippen molar-refractivity contribution < 1.29 is 23.0 Å². The molecule has 3 aromatic rings. The van der Waals surface area contributed by atoms with E-state index in [1.807, 2.05) is 6.07 Å². The topological polar surface area (TPSA) is 78.3 Å². The van der Waals surface area contributed by atoms with Gasteiger partial charge in [-0.05, 0) is 29.8 Å². The number of nitrogens with one attached hydrogen (secondary N) is 1. The van der Waals surface area contributed by atoms with Crippen molar-refractivity contribution >= 4 is 5.91 Å². The number of alkyl halides is 2. The molecule has 0 aliphatic heterocycles. The third-order valence-electron chi connectivity index (χ3n) is 3.67. The molecule has 27 heavy (non-hydrogen) atoms. The van der Waals surface area contributed by atoms with Crippen LogP contribution in [0, 0.1) is 0 Å². The molecule has 0 unspecified atom stereocenters. The molecule has 0 radical (unpaired) electrons. The Balaban J connectivity index is 1.65. The quantitative estimate of drug-likeness (QED) is 0.688. The lowest BCUT2D eigenvalue weighted by atomic mass is 10.2. The summed E-state index contributed by atoms with van der Waals surface area (Å²) in [7, 11) is 1.33. The van der Waals surface area contributed by atoms with Crippen LogP contribution in [-0.4, -0.2) is 34.2 Å². The maximum atomic E-state index is 12.5. The Hall–Kier alpha value is -3.49. The van der Waals surface area contributed by atoms with Crippen LogP contribution >= 0.6 is 0 Å². The summed E-state index contributed by atoms with van der Waals surface area (Å²) in [6.07, 6.45) is 6.69. The fourth-order valence-electron chi connectivity index (χ4n) is 2.36. The summed E-state index contributed by atoms with van der Waals surface area (Å²) in [6, 6.07) is 7.69. The molecule has 7 nitrogen and oxygen atoms in total. The summed E-state index contributed by atoms with van der Waals surface area (Å²) in [6.45, 7) is -2.79. The molecule has 0 atom stereocenters. The SMILES string of the molecule is COc1ccc(C(=O)NCc2ccc(-n3ccnc3)nc2)cc1OC(F)F. The molecule has 0 fully saturated rings. The van der Waals surface area contributed by atoms with Crippen molar-refractivity contribution in [2.75, 3.05) is 7.11 Å². The highest BCUT2D eigenvalue weighted by Crippen LogP contribution is 2.29. The van der Waals surface area contributed by atoms with Crippen molar-refractivity contribution in [2.24, 2.45) is 0 Å². The number of aromatic nitrogens is 3. The van der Waals surface area contributed by atoms with Crippen LogP contribution in [0.1, 0.15) is 15.9 Å². The number of hydrogen-bond donors (Lipinski definition) is 1. The number of nitrogens with zero attached hydrogens (tertiary/aromatic N) is 3. The van der Waals surface area contributed by atoms with E-state index in [0.29, 0.717) is 5.82 Å². The molecule has 2 aromatic heterocycles. The monoisotopic (exact) mass is 374 g/mol. The molecule has 0 spiro atoms. The molecule has 0 aliphatic carbocycles. The second kappa shape index (κ2) is 8.26. The number of hydrogen-bond acceptors (Lipinski definition) is 5. The standard InChI is InChI=1S/C18H16F2N4O3/c1-26-14-4-3-13(8-15(14)27-18(19)20)17(25)23-10-12-2-5-16(22-9-12)24-7-6-21-11-24/h2-9,11,18H,10H2,1H3,(H,23,25). The van der Waals surface area contributed by atoms with Crippen LogP contribution in [0.2, 0.25) is 0 Å². The maximum absolute atomic E-state index is 12.5. The van der Waals surface area contributed by atoms with E-state index in [1.54, 1.807) is 35.6 Å². The molecule has 0 saturated carbocycles. The molecule has 0 aliphatic rings. The summed E-state index contributed by atoms with van der Waals surface area (Å²) < 4.78 is 36.0. The van der Waals surface area contributed by atoms with Crippen molar-refractivity contribution in [3.8, 4) is 17.3 Å². The van der Waals surface area contributed by atoms with Gasteiger partial charge in [-0.1, -0.05) is 6.07 Å². The van der Waals surface area contributed by atoms with Crippen molar-refractivity contribution in [3.05, 3.63) is 66.4 Å². The smallest absolute Gasteiger partial charge is 0.387 e.